The second-order valence-corrected chi connectivity index (χ2v) is 4.04. The summed E-state index contributed by atoms with van der Waals surface area (Å²) in [6, 6.07) is 0.958. The fourth-order valence-corrected chi connectivity index (χ4v) is 1.78. The Morgan fingerprint density at radius 1 is 1.50 bits per heavy atom. The Balaban J connectivity index is 2.51. The molecule has 6 heteroatoms. The summed E-state index contributed by atoms with van der Waals surface area (Å²) >= 11 is 5.89. The molecule has 0 fully saturated rings. The molecule has 0 aromatic heterocycles. The van der Waals surface area contributed by atoms with Gasteiger partial charge in [0.25, 0.3) is 0 Å². The third kappa shape index (κ3) is 1.67. The number of fused-ring (bicyclic) bond motifs is 1. The van der Waals surface area contributed by atoms with Gasteiger partial charge in [-0.1, -0.05) is 11.6 Å². The minimum atomic E-state index is -1.01. The summed E-state index contributed by atoms with van der Waals surface area (Å²) in [4.78, 5) is 0. The van der Waals surface area contributed by atoms with Gasteiger partial charge >= 0.3 is 0 Å². The van der Waals surface area contributed by atoms with Gasteiger partial charge in [-0.2, -0.15) is 0 Å². The summed E-state index contributed by atoms with van der Waals surface area (Å²) in [7, 11) is 0. The van der Waals surface area contributed by atoms with E-state index in [1.807, 2.05) is 0 Å². The van der Waals surface area contributed by atoms with E-state index in [0.29, 0.717) is 11.5 Å². The van der Waals surface area contributed by atoms with Crippen molar-refractivity contribution in [3.05, 3.63) is 16.7 Å². The molecule has 0 radical (unpaired) electrons. The van der Waals surface area contributed by atoms with Crippen LogP contribution in [0.3, 0.4) is 0 Å². The number of nitrogens with two attached hydrogens (primary N) is 1. The van der Waals surface area contributed by atoms with Crippen LogP contribution in [-0.4, -0.2) is 23.0 Å². The fourth-order valence-electron chi connectivity index (χ4n) is 1.52. The van der Waals surface area contributed by atoms with Gasteiger partial charge in [0.2, 0.25) is 6.79 Å². The molecule has 0 bridgehead atoms. The molecule has 1 aliphatic heterocycles. The minimum Gasteiger partial charge on any atom is -0.506 e. The number of aromatic hydroxyl groups is 1. The zero-order valence-corrected chi connectivity index (χ0v) is 9.36. The molecule has 5 nitrogen and oxygen atoms in total. The summed E-state index contributed by atoms with van der Waals surface area (Å²) in [5.74, 6) is 0.466. The first kappa shape index (κ1) is 11.3. The van der Waals surface area contributed by atoms with E-state index in [1.54, 1.807) is 6.92 Å². The monoisotopic (exact) mass is 245 g/mol. The zero-order chi connectivity index (χ0) is 11.9. The van der Waals surface area contributed by atoms with Gasteiger partial charge in [0.05, 0.1) is 6.10 Å². The molecule has 0 aliphatic carbocycles. The molecule has 1 heterocycles. The van der Waals surface area contributed by atoms with Crippen LogP contribution in [0, 0.1) is 0 Å². The molecule has 1 aromatic carbocycles. The minimum absolute atomic E-state index is 0.0321. The lowest BCUT2D eigenvalue weighted by Gasteiger charge is -2.17. The van der Waals surface area contributed by atoms with Crippen LogP contribution >= 0.6 is 11.6 Å². The highest BCUT2D eigenvalue weighted by atomic mass is 35.5. The Labute approximate surface area is 97.3 Å². The molecule has 0 saturated carbocycles. The van der Waals surface area contributed by atoms with Gasteiger partial charge in [-0.3, -0.25) is 0 Å². The predicted octanol–water partition coefficient (Wildman–Crippen LogP) is 1.15. The number of benzene rings is 1. The van der Waals surface area contributed by atoms with Gasteiger partial charge in [0.1, 0.15) is 10.8 Å². The number of hydrogen-bond acceptors (Lipinski definition) is 5. The van der Waals surface area contributed by atoms with Crippen LogP contribution in [0.25, 0.3) is 0 Å². The van der Waals surface area contributed by atoms with Crippen molar-refractivity contribution in [1.29, 1.82) is 0 Å². The predicted molar refractivity (Wildman–Crippen MR) is 57.8 cm³/mol. The number of ether oxygens (including phenoxy) is 2. The number of rotatable bonds is 2. The smallest absolute Gasteiger partial charge is 0.231 e. The molecule has 0 amide bonds. The quantitative estimate of drug-likeness (QED) is 0.728. The number of aliphatic hydroxyl groups is 1. The average Bonchev–Trinajstić information content (AvgIpc) is 2.70. The maximum atomic E-state index is 9.80. The van der Waals surface area contributed by atoms with Crippen molar-refractivity contribution in [2.75, 3.05) is 6.79 Å². The summed E-state index contributed by atoms with van der Waals surface area (Å²) in [6.07, 6.45) is -1.01. The highest BCUT2D eigenvalue weighted by molar-refractivity contribution is 6.34. The van der Waals surface area contributed by atoms with Crippen molar-refractivity contribution in [3.63, 3.8) is 0 Å². The van der Waals surface area contributed by atoms with Crippen LogP contribution in [0.5, 0.6) is 17.2 Å². The van der Waals surface area contributed by atoms with Crippen molar-refractivity contribution >= 4 is 11.6 Å². The van der Waals surface area contributed by atoms with Crippen LogP contribution in [0.15, 0.2) is 6.07 Å². The number of phenolic OH excluding ortho intramolecular Hbond substituents is 1. The van der Waals surface area contributed by atoms with Gasteiger partial charge in [-0.15, -0.1) is 0 Å². The molecule has 1 aliphatic rings. The lowest BCUT2D eigenvalue weighted by molar-refractivity contribution is 0.149. The van der Waals surface area contributed by atoms with Gasteiger partial charge in [-0.25, -0.2) is 0 Å². The highest BCUT2D eigenvalue weighted by Gasteiger charge is 2.27. The molecule has 16 heavy (non-hydrogen) atoms. The van der Waals surface area contributed by atoms with Gasteiger partial charge < -0.3 is 25.4 Å². The van der Waals surface area contributed by atoms with E-state index < -0.39 is 12.1 Å². The molecule has 2 unspecified atom stereocenters. The molecule has 1 aromatic rings. The Kier molecular flexibility index (Phi) is 2.84. The van der Waals surface area contributed by atoms with E-state index in [2.05, 4.69) is 0 Å². The van der Waals surface area contributed by atoms with E-state index in [1.165, 1.54) is 6.07 Å². The topological polar surface area (TPSA) is 84.9 Å². The first-order valence-corrected chi connectivity index (χ1v) is 5.14. The van der Waals surface area contributed by atoms with Crippen LogP contribution in [0.4, 0.5) is 0 Å². The Hall–Kier alpha value is -1.17. The zero-order valence-electron chi connectivity index (χ0n) is 8.61. The third-order valence-corrected chi connectivity index (χ3v) is 2.78. The molecule has 0 spiro atoms. The van der Waals surface area contributed by atoms with E-state index in [0.717, 1.165) is 0 Å². The molecule has 2 atom stereocenters. The van der Waals surface area contributed by atoms with Crippen LogP contribution in [-0.2, 0) is 0 Å². The third-order valence-electron chi connectivity index (χ3n) is 2.43. The Morgan fingerprint density at radius 2 is 2.19 bits per heavy atom. The van der Waals surface area contributed by atoms with Crippen LogP contribution in [0.2, 0.25) is 5.02 Å². The van der Waals surface area contributed by atoms with E-state index in [9.17, 15) is 10.2 Å². The highest BCUT2D eigenvalue weighted by Crippen LogP contribution is 2.47. The SMILES string of the molecule is CC(N)C(O)c1cc2c(c(Cl)c1O)OCO2. The summed E-state index contributed by atoms with van der Waals surface area (Å²) in [5.41, 5.74) is 5.80. The van der Waals surface area contributed by atoms with Crippen molar-refractivity contribution in [2.24, 2.45) is 5.73 Å². The lowest BCUT2D eigenvalue weighted by Crippen LogP contribution is -2.24. The normalized spacial score (nSPS) is 17.2. The molecular weight excluding hydrogens is 234 g/mol. The average molecular weight is 246 g/mol. The standard InChI is InChI=1S/C10H12ClNO4/c1-4(12)8(13)5-2-6-10(16-3-15-6)7(11)9(5)14/h2,4,8,13-14H,3,12H2,1H3. The largest absolute Gasteiger partial charge is 0.506 e. The van der Waals surface area contributed by atoms with Crippen molar-refractivity contribution in [2.45, 2.75) is 19.1 Å². The number of aliphatic hydroxyl groups excluding tert-OH is 1. The number of hydrogen-bond donors (Lipinski definition) is 3. The molecule has 2 rings (SSSR count). The van der Waals surface area contributed by atoms with Gasteiger partial charge in [-0.05, 0) is 13.0 Å². The second kappa shape index (κ2) is 4.01. The maximum Gasteiger partial charge on any atom is 0.231 e. The summed E-state index contributed by atoms with van der Waals surface area (Å²) < 4.78 is 10.2. The molecule has 88 valence electrons. The van der Waals surface area contributed by atoms with Gasteiger partial charge in [0.15, 0.2) is 11.5 Å². The van der Waals surface area contributed by atoms with Crippen molar-refractivity contribution in [1.82, 2.24) is 0 Å². The van der Waals surface area contributed by atoms with E-state index in [4.69, 9.17) is 26.8 Å². The number of phenols is 1. The lowest BCUT2D eigenvalue weighted by atomic mass is 10.0. The number of halogens is 1. The molecule has 0 saturated heterocycles. The first-order chi connectivity index (χ1) is 7.52. The molecule has 4 N–H and O–H groups in total. The van der Waals surface area contributed by atoms with E-state index >= 15 is 0 Å². The molecular formula is C10H12ClNO4. The van der Waals surface area contributed by atoms with Gasteiger partial charge in [0, 0.05) is 11.6 Å². The summed E-state index contributed by atoms with van der Waals surface area (Å²) in [5, 5.41) is 19.6. The second-order valence-electron chi connectivity index (χ2n) is 3.67. The van der Waals surface area contributed by atoms with Crippen molar-refractivity contribution < 1.29 is 19.7 Å². The summed E-state index contributed by atoms with van der Waals surface area (Å²) in [6.45, 7) is 1.68. The Bertz CT molecular complexity index is 422. The van der Waals surface area contributed by atoms with Crippen LogP contribution in [0.1, 0.15) is 18.6 Å². The Morgan fingerprint density at radius 3 is 2.81 bits per heavy atom. The first-order valence-electron chi connectivity index (χ1n) is 4.77. The fraction of sp³-hybridized carbons (Fsp3) is 0.400. The van der Waals surface area contributed by atoms with Crippen molar-refractivity contribution in [3.8, 4) is 17.2 Å². The van der Waals surface area contributed by atoms with E-state index in [-0.39, 0.29) is 23.1 Å². The maximum absolute atomic E-state index is 9.80. The van der Waals surface area contributed by atoms with Crippen LogP contribution < -0.4 is 15.2 Å².